The normalized spacial score (nSPS) is 21.8. The lowest BCUT2D eigenvalue weighted by molar-refractivity contribution is -0.634. The number of nitrogens with zero attached hydrogens (tertiary/aromatic N) is 2. The van der Waals surface area contributed by atoms with E-state index in [0.717, 1.165) is 41.0 Å². The molecule has 4 atom stereocenters. The van der Waals surface area contributed by atoms with Crippen LogP contribution in [-0.2, 0) is 16.6 Å². The number of aryl methyl sites for hydroxylation is 1. The summed E-state index contributed by atoms with van der Waals surface area (Å²) in [6.07, 6.45) is 3.28. The lowest BCUT2D eigenvalue weighted by Gasteiger charge is -2.37. The number of carbonyl (C=O) groups is 1. The van der Waals surface area contributed by atoms with Crippen molar-refractivity contribution in [3.63, 3.8) is 0 Å². The van der Waals surface area contributed by atoms with E-state index in [1.54, 1.807) is 7.11 Å². The highest BCUT2D eigenvalue weighted by Gasteiger charge is 2.37. The minimum atomic E-state index is -0.446. The number of hydrogen-bond acceptors (Lipinski definition) is 3. The molecule has 1 aliphatic carbocycles. The maximum atomic E-state index is 13.6. The van der Waals surface area contributed by atoms with Gasteiger partial charge < -0.3 is 9.47 Å². The van der Waals surface area contributed by atoms with Gasteiger partial charge in [-0.1, -0.05) is 39.3 Å². The summed E-state index contributed by atoms with van der Waals surface area (Å²) in [5.74, 6) is 3.15. The molecular formula is C28H37N2O3+. The summed E-state index contributed by atoms with van der Waals surface area (Å²) in [6.45, 7) is 8.71. The fraction of sp³-hybridized carbons (Fsp3) is 0.500. The number of ether oxygens (including phenoxy) is 2. The number of benzene rings is 2. The number of hydrogen-bond donors (Lipinski definition) is 0. The Morgan fingerprint density at radius 2 is 1.76 bits per heavy atom. The molecule has 1 aliphatic rings. The minimum Gasteiger partial charge on any atom is -0.497 e. The summed E-state index contributed by atoms with van der Waals surface area (Å²) < 4.78 is 15.9. The Morgan fingerprint density at radius 1 is 1.06 bits per heavy atom. The molecule has 176 valence electrons. The van der Waals surface area contributed by atoms with Crippen LogP contribution in [-0.4, -0.2) is 23.8 Å². The molecule has 0 unspecified atom stereocenters. The third-order valence-electron chi connectivity index (χ3n) is 7.35. The SMILES string of the molecule is COc1ccc(-c2n([C@H](C)C(=O)O[C@@H]3C[C@H](C)CC[C@H]3C(C)C)c3ccccc3[n+]2C)cc1. The van der Waals surface area contributed by atoms with Crippen LogP contribution in [0.15, 0.2) is 48.5 Å². The molecule has 1 heterocycles. The Kier molecular flexibility index (Phi) is 6.78. The lowest BCUT2D eigenvalue weighted by atomic mass is 9.75. The molecule has 0 aliphatic heterocycles. The summed E-state index contributed by atoms with van der Waals surface area (Å²) in [4.78, 5) is 13.6. The van der Waals surface area contributed by atoms with E-state index >= 15 is 0 Å². The number of imidazole rings is 1. The first-order chi connectivity index (χ1) is 15.8. The van der Waals surface area contributed by atoms with E-state index in [4.69, 9.17) is 9.47 Å². The van der Waals surface area contributed by atoms with Gasteiger partial charge in [0.15, 0.2) is 17.1 Å². The fourth-order valence-corrected chi connectivity index (χ4v) is 5.41. The van der Waals surface area contributed by atoms with Gasteiger partial charge >= 0.3 is 5.97 Å². The summed E-state index contributed by atoms with van der Waals surface area (Å²) in [6, 6.07) is 15.8. The van der Waals surface area contributed by atoms with E-state index in [2.05, 4.69) is 42.0 Å². The van der Waals surface area contributed by atoms with Gasteiger partial charge in [0.1, 0.15) is 11.9 Å². The maximum absolute atomic E-state index is 13.6. The van der Waals surface area contributed by atoms with E-state index < -0.39 is 6.04 Å². The molecule has 0 amide bonds. The Bertz CT molecular complexity index is 1120. The number of methoxy groups -OCH3 is 1. The van der Waals surface area contributed by atoms with E-state index in [0.29, 0.717) is 17.8 Å². The molecule has 4 rings (SSSR count). The molecule has 5 heteroatoms. The van der Waals surface area contributed by atoms with Crippen molar-refractivity contribution in [1.29, 1.82) is 0 Å². The summed E-state index contributed by atoms with van der Waals surface area (Å²) in [5, 5.41) is 0. The Hall–Kier alpha value is -2.82. The first-order valence-corrected chi connectivity index (χ1v) is 12.2. The first kappa shape index (κ1) is 23.3. The van der Waals surface area contributed by atoms with E-state index in [1.165, 1.54) is 6.42 Å². The molecule has 0 radical (unpaired) electrons. The van der Waals surface area contributed by atoms with Crippen molar-refractivity contribution < 1.29 is 18.8 Å². The van der Waals surface area contributed by atoms with E-state index in [1.807, 2.05) is 50.4 Å². The molecule has 0 N–H and O–H groups in total. The van der Waals surface area contributed by atoms with Crippen LogP contribution in [0.3, 0.4) is 0 Å². The molecule has 0 spiro atoms. The maximum Gasteiger partial charge on any atom is 0.351 e. The van der Waals surface area contributed by atoms with Crippen molar-refractivity contribution in [3.05, 3.63) is 48.5 Å². The monoisotopic (exact) mass is 449 g/mol. The minimum absolute atomic E-state index is 0.0105. The van der Waals surface area contributed by atoms with Crippen LogP contribution in [0, 0.1) is 17.8 Å². The zero-order chi connectivity index (χ0) is 23.7. The van der Waals surface area contributed by atoms with Crippen LogP contribution in [0.5, 0.6) is 5.75 Å². The third kappa shape index (κ3) is 4.50. The second-order valence-electron chi connectivity index (χ2n) is 9.95. The number of aromatic nitrogens is 2. The van der Waals surface area contributed by atoms with Crippen LogP contribution in [0.1, 0.15) is 53.0 Å². The predicted molar refractivity (Wildman–Crippen MR) is 131 cm³/mol. The number of para-hydroxylation sites is 2. The molecule has 0 bridgehead atoms. The van der Waals surface area contributed by atoms with Crippen LogP contribution in [0.25, 0.3) is 22.4 Å². The number of carbonyl (C=O) groups excluding carboxylic acids is 1. The quantitative estimate of drug-likeness (QED) is 0.358. The predicted octanol–water partition coefficient (Wildman–Crippen LogP) is 5.71. The van der Waals surface area contributed by atoms with Gasteiger partial charge in [-0.25, -0.2) is 13.9 Å². The Labute approximate surface area is 197 Å². The summed E-state index contributed by atoms with van der Waals surface area (Å²) in [7, 11) is 3.72. The second-order valence-corrected chi connectivity index (χ2v) is 9.95. The zero-order valence-electron chi connectivity index (χ0n) is 20.7. The molecule has 3 aromatic rings. The lowest BCUT2D eigenvalue weighted by Crippen LogP contribution is -2.38. The smallest absolute Gasteiger partial charge is 0.351 e. The molecule has 1 saturated carbocycles. The van der Waals surface area contributed by atoms with Crippen LogP contribution in [0.4, 0.5) is 0 Å². The van der Waals surface area contributed by atoms with Crippen LogP contribution in [0.2, 0.25) is 0 Å². The second kappa shape index (κ2) is 9.58. The highest BCUT2D eigenvalue weighted by molar-refractivity contribution is 5.82. The molecule has 0 saturated heterocycles. The highest BCUT2D eigenvalue weighted by Crippen LogP contribution is 2.36. The standard InChI is InChI=1S/C28H37N2O3/c1-18(2)23-16-11-19(3)17-26(23)33-28(31)20(4)30-25-10-8-7-9-24(25)29(5)27(30)21-12-14-22(32-6)15-13-21/h7-10,12-15,18-20,23,26H,11,16-17H2,1-6H3/q+1/t19-,20-,23+,26-/m1/s1. The number of fused-ring (bicyclic) bond motifs is 1. The average molecular weight is 450 g/mol. The topological polar surface area (TPSA) is 44.3 Å². The van der Waals surface area contributed by atoms with Gasteiger partial charge in [0, 0.05) is 0 Å². The Balaban J connectivity index is 1.72. The summed E-state index contributed by atoms with van der Waals surface area (Å²) >= 11 is 0. The van der Waals surface area contributed by atoms with Gasteiger partial charge in [-0.2, -0.15) is 0 Å². The average Bonchev–Trinajstić information content (AvgIpc) is 3.11. The van der Waals surface area contributed by atoms with Crippen LogP contribution >= 0.6 is 0 Å². The van der Waals surface area contributed by atoms with Gasteiger partial charge in [-0.05, 0) is 73.9 Å². The fourth-order valence-electron chi connectivity index (χ4n) is 5.41. The number of esters is 1. The van der Waals surface area contributed by atoms with Crippen molar-refractivity contribution in [3.8, 4) is 17.1 Å². The number of rotatable bonds is 6. The van der Waals surface area contributed by atoms with E-state index in [9.17, 15) is 4.79 Å². The molecule has 5 nitrogen and oxygen atoms in total. The highest BCUT2D eigenvalue weighted by atomic mass is 16.5. The largest absolute Gasteiger partial charge is 0.497 e. The van der Waals surface area contributed by atoms with Crippen molar-refractivity contribution in [2.45, 2.75) is 59.1 Å². The molecule has 1 aromatic heterocycles. The summed E-state index contributed by atoms with van der Waals surface area (Å²) in [5.41, 5.74) is 3.13. The van der Waals surface area contributed by atoms with Gasteiger partial charge in [-0.15, -0.1) is 0 Å². The molecular weight excluding hydrogens is 412 g/mol. The third-order valence-corrected chi connectivity index (χ3v) is 7.35. The van der Waals surface area contributed by atoms with Crippen molar-refractivity contribution >= 4 is 17.0 Å². The van der Waals surface area contributed by atoms with Crippen molar-refractivity contribution in [1.82, 2.24) is 4.57 Å². The Morgan fingerprint density at radius 3 is 2.42 bits per heavy atom. The van der Waals surface area contributed by atoms with Gasteiger partial charge in [0.25, 0.3) is 5.82 Å². The van der Waals surface area contributed by atoms with E-state index in [-0.39, 0.29) is 12.1 Å². The van der Waals surface area contributed by atoms with Gasteiger partial charge in [-0.3, -0.25) is 0 Å². The van der Waals surface area contributed by atoms with Crippen molar-refractivity contribution in [2.75, 3.05) is 7.11 Å². The molecule has 33 heavy (non-hydrogen) atoms. The van der Waals surface area contributed by atoms with Crippen LogP contribution < -0.4 is 9.30 Å². The van der Waals surface area contributed by atoms with Crippen molar-refractivity contribution in [2.24, 2.45) is 24.8 Å². The molecule has 2 aromatic carbocycles. The molecule has 1 fully saturated rings. The van der Waals surface area contributed by atoms with Gasteiger partial charge in [0.05, 0.1) is 19.7 Å². The zero-order valence-corrected chi connectivity index (χ0v) is 20.7. The first-order valence-electron chi connectivity index (χ1n) is 12.2. The van der Waals surface area contributed by atoms with Gasteiger partial charge in [0.2, 0.25) is 0 Å².